The van der Waals surface area contributed by atoms with Crippen molar-refractivity contribution >= 4 is 11.6 Å². The molecule has 2 aromatic carbocycles. The molecule has 1 amide bonds. The smallest absolute Gasteiger partial charge is 0.228 e. The van der Waals surface area contributed by atoms with Gasteiger partial charge >= 0.3 is 0 Å². The second kappa shape index (κ2) is 5.12. The third-order valence-electron chi connectivity index (χ3n) is 4.13. The molecule has 1 aliphatic rings. The molecule has 2 aromatic rings. The largest absolute Gasteiger partial charge is 0.326 e. The number of rotatable bonds is 3. The van der Waals surface area contributed by atoms with E-state index >= 15 is 0 Å². The van der Waals surface area contributed by atoms with Crippen LogP contribution in [0.5, 0.6) is 0 Å². The molecule has 0 aliphatic heterocycles. The van der Waals surface area contributed by atoms with Crippen LogP contribution in [0.25, 0.3) is 0 Å². The van der Waals surface area contributed by atoms with Crippen molar-refractivity contribution in [2.24, 2.45) is 5.92 Å². The number of carbonyl (C=O) groups is 1. The molecule has 1 N–H and O–H groups in total. The van der Waals surface area contributed by atoms with Crippen LogP contribution in [0, 0.1) is 19.8 Å². The summed E-state index contributed by atoms with van der Waals surface area (Å²) in [6.07, 6.45) is 0.959. The lowest BCUT2D eigenvalue weighted by atomic mass is 10.1. The summed E-state index contributed by atoms with van der Waals surface area (Å²) in [5.41, 5.74) is 4.62. The summed E-state index contributed by atoms with van der Waals surface area (Å²) < 4.78 is 0. The average Bonchev–Trinajstić information content (AvgIpc) is 3.24. The molecular formula is C18H19NO. The lowest BCUT2D eigenvalue weighted by Gasteiger charge is -2.07. The number of carbonyl (C=O) groups excluding carboxylic acids is 1. The van der Waals surface area contributed by atoms with E-state index in [0.717, 1.165) is 12.1 Å². The van der Waals surface area contributed by atoms with Crippen LogP contribution in [-0.4, -0.2) is 5.91 Å². The Morgan fingerprint density at radius 3 is 2.50 bits per heavy atom. The highest BCUT2D eigenvalue weighted by atomic mass is 16.2. The molecule has 0 bridgehead atoms. The Hall–Kier alpha value is -2.09. The number of hydrogen-bond acceptors (Lipinski definition) is 1. The van der Waals surface area contributed by atoms with Gasteiger partial charge in [-0.3, -0.25) is 4.79 Å². The minimum Gasteiger partial charge on any atom is -0.326 e. The molecule has 2 heteroatoms. The number of hydrogen-bond donors (Lipinski definition) is 1. The second-order valence-corrected chi connectivity index (χ2v) is 5.65. The van der Waals surface area contributed by atoms with E-state index in [2.05, 4.69) is 31.3 Å². The van der Waals surface area contributed by atoms with Gasteiger partial charge in [0, 0.05) is 11.6 Å². The monoisotopic (exact) mass is 265 g/mol. The van der Waals surface area contributed by atoms with Gasteiger partial charge in [-0.25, -0.2) is 0 Å². The molecular weight excluding hydrogens is 246 g/mol. The van der Waals surface area contributed by atoms with E-state index in [0.29, 0.717) is 5.92 Å². The standard InChI is InChI=1S/C18H19NO/c1-12-8-9-15(10-13(12)2)19-18(20)17-11-16(17)14-6-4-3-5-7-14/h3-10,16-17H,11H2,1-2H3,(H,19,20). The van der Waals surface area contributed by atoms with E-state index in [-0.39, 0.29) is 11.8 Å². The first kappa shape index (κ1) is 12.9. The maximum absolute atomic E-state index is 12.2. The Bertz CT molecular complexity index is 633. The molecule has 2 nitrogen and oxygen atoms in total. The van der Waals surface area contributed by atoms with Gasteiger partial charge in [0.25, 0.3) is 0 Å². The van der Waals surface area contributed by atoms with E-state index in [1.807, 2.05) is 36.4 Å². The van der Waals surface area contributed by atoms with Crippen LogP contribution in [-0.2, 0) is 4.79 Å². The number of amides is 1. The van der Waals surface area contributed by atoms with Crippen molar-refractivity contribution in [3.8, 4) is 0 Å². The van der Waals surface area contributed by atoms with Crippen molar-refractivity contribution < 1.29 is 4.79 Å². The summed E-state index contributed by atoms with van der Waals surface area (Å²) in [7, 11) is 0. The van der Waals surface area contributed by atoms with Gasteiger partial charge in [0.15, 0.2) is 0 Å². The first-order chi connectivity index (χ1) is 9.65. The molecule has 102 valence electrons. The van der Waals surface area contributed by atoms with Crippen molar-refractivity contribution in [2.45, 2.75) is 26.2 Å². The molecule has 1 saturated carbocycles. The average molecular weight is 265 g/mol. The normalized spacial score (nSPS) is 20.5. The second-order valence-electron chi connectivity index (χ2n) is 5.65. The van der Waals surface area contributed by atoms with Gasteiger partial charge in [0.05, 0.1) is 0 Å². The Morgan fingerprint density at radius 1 is 1.05 bits per heavy atom. The number of aryl methyl sites for hydroxylation is 2. The van der Waals surface area contributed by atoms with Crippen molar-refractivity contribution in [3.05, 3.63) is 65.2 Å². The summed E-state index contributed by atoms with van der Waals surface area (Å²) in [5, 5.41) is 3.03. The van der Waals surface area contributed by atoms with E-state index in [4.69, 9.17) is 0 Å². The van der Waals surface area contributed by atoms with Crippen LogP contribution in [0.2, 0.25) is 0 Å². The topological polar surface area (TPSA) is 29.1 Å². The zero-order valence-corrected chi connectivity index (χ0v) is 11.9. The molecule has 0 heterocycles. The lowest BCUT2D eigenvalue weighted by molar-refractivity contribution is -0.117. The Balaban J connectivity index is 1.65. The summed E-state index contributed by atoms with van der Waals surface area (Å²) in [4.78, 5) is 12.2. The van der Waals surface area contributed by atoms with E-state index in [9.17, 15) is 4.79 Å². The van der Waals surface area contributed by atoms with Gasteiger partial charge in [0.1, 0.15) is 0 Å². The highest BCUT2D eigenvalue weighted by molar-refractivity contribution is 5.95. The van der Waals surface area contributed by atoms with Crippen molar-refractivity contribution in [2.75, 3.05) is 5.32 Å². The predicted octanol–water partition coefficient (Wildman–Crippen LogP) is 4.05. The van der Waals surface area contributed by atoms with Crippen molar-refractivity contribution in [1.82, 2.24) is 0 Å². The maximum Gasteiger partial charge on any atom is 0.228 e. The van der Waals surface area contributed by atoms with Gasteiger partial charge in [-0.15, -0.1) is 0 Å². The predicted molar refractivity (Wildman–Crippen MR) is 81.8 cm³/mol. The van der Waals surface area contributed by atoms with Crippen LogP contribution < -0.4 is 5.32 Å². The molecule has 0 aromatic heterocycles. The number of benzene rings is 2. The molecule has 0 spiro atoms. The summed E-state index contributed by atoms with van der Waals surface area (Å²) >= 11 is 0. The quantitative estimate of drug-likeness (QED) is 0.891. The van der Waals surface area contributed by atoms with Gasteiger partial charge in [-0.1, -0.05) is 36.4 Å². The first-order valence-electron chi connectivity index (χ1n) is 7.08. The minimum atomic E-state index is 0.124. The Kier molecular flexibility index (Phi) is 3.31. The number of anilines is 1. The van der Waals surface area contributed by atoms with Gasteiger partial charge < -0.3 is 5.32 Å². The van der Waals surface area contributed by atoms with E-state index in [1.54, 1.807) is 0 Å². The zero-order chi connectivity index (χ0) is 14.1. The summed E-state index contributed by atoms with van der Waals surface area (Å²) in [5.74, 6) is 0.656. The van der Waals surface area contributed by atoms with Crippen LogP contribution in [0.15, 0.2) is 48.5 Å². The van der Waals surface area contributed by atoms with Crippen molar-refractivity contribution in [3.63, 3.8) is 0 Å². The molecule has 0 radical (unpaired) electrons. The van der Waals surface area contributed by atoms with Crippen LogP contribution in [0.3, 0.4) is 0 Å². The third kappa shape index (κ3) is 2.60. The summed E-state index contributed by atoms with van der Waals surface area (Å²) in [6, 6.07) is 16.3. The maximum atomic E-state index is 12.2. The Labute approximate surface area is 119 Å². The van der Waals surface area contributed by atoms with E-state index in [1.165, 1.54) is 16.7 Å². The van der Waals surface area contributed by atoms with Crippen LogP contribution in [0.4, 0.5) is 5.69 Å². The molecule has 1 fully saturated rings. The fourth-order valence-corrected chi connectivity index (χ4v) is 2.61. The molecule has 2 atom stereocenters. The molecule has 3 rings (SSSR count). The summed E-state index contributed by atoms with van der Waals surface area (Å²) in [6.45, 7) is 4.14. The van der Waals surface area contributed by atoms with Crippen molar-refractivity contribution in [1.29, 1.82) is 0 Å². The van der Waals surface area contributed by atoms with Crippen LogP contribution >= 0.6 is 0 Å². The fourth-order valence-electron chi connectivity index (χ4n) is 2.61. The highest BCUT2D eigenvalue weighted by Gasteiger charge is 2.43. The van der Waals surface area contributed by atoms with E-state index < -0.39 is 0 Å². The molecule has 20 heavy (non-hydrogen) atoms. The third-order valence-corrected chi connectivity index (χ3v) is 4.13. The Morgan fingerprint density at radius 2 is 1.80 bits per heavy atom. The van der Waals surface area contributed by atoms with Gasteiger partial charge in [-0.05, 0) is 55.0 Å². The highest BCUT2D eigenvalue weighted by Crippen LogP contribution is 2.47. The number of nitrogens with one attached hydrogen (secondary N) is 1. The lowest BCUT2D eigenvalue weighted by Crippen LogP contribution is -2.14. The molecule has 1 aliphatic carbocycles. The zero-order valence-electron chi connectivity index (χ0n) is 11.9. The fraction of sp³-hybridized carbons (Fsp3) is 0.278. The van der Waals surface area contributed by atoms with Crippen LogP contribution in [0.1, 0.15) is 29.0 Å². The SMILES string of the molecule is Cc1ccc(NC(=O)C2CC2c2ccccc2)cc1C. The first-order valence-corrected chi connectivity index (χ1v) is 7.08. The molecule has 0 saturated heterocycles. The van der Waals surface area contributed by atoms with Gasteiger partial charge in [-0.2, -0.15) is 0 Å². The minimum absolute atomic E-state index is 0.124. The van der Waals surface area contributed by atoms with Gasteiger partial charge in [0.2, 0.25) is 5.91 Å². The molecule has 2 unspecified atom stereocenters.